The lowest BCUT2D eigenvalue weighted by molar-refractivity contribution is 0.0943. The fraction of sp³-hybridized carbons (Fsp3) is 0.0385. The number of aromatic nitrogens is 3. The smallest absolute Gasteiger partial charge is 0.252 e. The highest BCUT2D eigenvalue weighted by Crippen LogP contribution is 2.47. The summed E-state index contributed by atoms with van der Waals surface area (Å²) in [5.74, 6) is 0.618. The van der Waals surface area contributed by atoms with Crippen LogP contribution in [0.25, 0.3) is 33.5 Å². The van der Waals surface area contributed by atoms with Crippen LogP contribution in [0.2, 0.25) is 0 Å². The van der Waals surface area contributed by atoms with E-state index in [1.54, 1.807) is 36.7 Å². The molecule has 2 aromatic heterocycles. The number of nitrogens with one attached hydrogen (secondary N) is 2. The summed E-state index contributed by atoms with van der Waals surface area (Å²) in [5.41, 5.74) is 14.0. The van der Waals surface area contributed by atoms with E-state index in [4.69, 9.17) is 10.7 Å². The maximum absolute atomic E-state index is 13.1. The Kier molecular flexibility index (Phi) is 4.04. The highest BCUT2D eigenvalue weighted by molar-refractivity contribution is 5.98. The second kappa shape index (κ2) is 7.06. The molecule has 1 aliphatic carbocycles. The number of anilines is 1. The van der Waals surface area contributed by atoms with Crippen LogP contribution in [0.3, 0.4) is 0 Å². The molecular weight excluding hydrogens is 398 g/mol. The molecule has 4 N–H and O–H groups in total. The Labute approximate surface area is 184 Å². The fourth-order valence-electron chi connectivity index (χ4n) is 4.49. The molecule has 2 heterocycles. The predicted molar refractivity (Wildman–Crippen MR) is 125 cm³/mol. The van der Waals surface area contributed by atoms with Gasteiger partial charge in [-0.1, -0.05) is 48.5 Å². The number of hydrogen-bond acceptors (Lipinski definition) is 4. The minimum absolute atomic E-state index is 0.162. The standard InChI is InChI=1S/C26H19N5O/c27-16-6-3-5-15(13-16)26(32)31-24-18-8-2-1-7-17(18)23-19(24)9-4-10-20(23)25-29-21-11-12-28-14-22(21)30-25/h1-14,24H,27H2,(H,29,30)(H,31,32). The van der Waals surface area contributed by atoms with E-state index in [0.29, 0.717) is 11.3 Å². The largest absolute Gasteiger partial charge is 0.399 e. The number of carbonyl (C=O) groups is 1. The van der Waals surface area contributed by atoms with Crippen LogP contribution in [0.15, 0.2) is 85.2 Å². The van der Waals surface area contributed by atoms with Gasteiger partial charge in [0, 0.05) is 23.0 Å². The summed E-state index contributed by atoms with van der Waals surface area (Å²) >= 11 is 0. The zero-order valence-electron chi connectivity index (χ0n) is 17.0. The number of pyridine rings is 1. The summed E-state index contributed by atoms with van der Waals surface area (Å²) < 4.78 is 0. The van der Waals surface area contributed by atoms with Crippen molar-refractivity contribution in [3.63, 3.8) is 0 Å². The van der Waals surface area contributed by atoms with Crippen LogP contribution in [-0.2, 0) is 0 Å². The van der Waals surface area contributed by atoms with Crippen LogP contribution in [-0.4, -0.2) is 20.9 Å². The molecule has 6 nitrogen and oxygen atoms in total. The first-order valence-electron chi connectivity index (χ1n) is 10.4. The van der Waals surface area contributed by atoms with E-state index in [-0.39, 0.29) is 11.9 Å². The summed E-state index contributed by atoms with van der Waals surface area (Å²) in [6.45, 7) is 0. The number of imidazole rings is 1. The lowest BCUT2D eigenvalue weighted by Crippen LogP contribution is -2.28. The topological polar surface area (TPSA) is 96.7 Å². The maximum atomic E-state index is 13.1. The van der Waals surface area contributed by atoms with Gasteiger partial charge in [-0.3, -0.25) is 9.78 Å². The highest BCUT2D eigenvalue weighted by Gasteiger charge is 2.32. The molecule has 1 unspecified atom stereocenters. The number of hydrogen-bond donors (Lipinski definition) is 3. The van der Waals surface area contributed by atoms with Gasteiger partial charge < -0.3 is 16.0 Å². The predicted octanol–water partition coefficient (Wildman–Crippen LogP) is 4.71. The van der Waals surface area contributed by atoms with Crippen molar-refractivity contribution in [1.82, 2.24) is 20.3 Å². The highest BCUT2D eigenvalue weighted by atomic mass is 16.1. The lowest BCUT2D eigenvalue weighted by atomic mass is 9.98. The molecule has 0 radical (unpaired) electrons. The van der Waals surface area contributed by atoms with E-state index >= 15 is 0 Å². The number of amides is 1. The molecule has 32 heavy (non-hydrogen) atoms. The maximum Gasteiger partial charge on any atom is 0.252 e. The van der Waals surface area contributed by atoms with Gasteiger partial charge in [0.05, 0.1) is 23.3 Å². The summed E-state index contributed by atoms with van der Waals surface area (Å²) in [5, 5.41) is 3.20. The van der Waals surface area contributed by atoms with Crippen molar-refractivity contribution >= 4 is 22.6 Å². The Morgan fingerprint density at radius 1 is 0.938 bits per heavy atom. The van der Waals surface area contributed by atoms with Gasteiger partial charge in [-0.25, -0.2) is 4.98 Å². The Hall–Kier alpha value is -4.45. The third kappa shape index (κ3) is 2.85. The van der Waals surface area contributed by atoms with E-state index in [1.165, 1.54) is 0 Å². The number of carbonyl (C=O) groups excluding carboxylic acids is 1. The van der Waals surface area contributed by atoms with Crippen LogP contribution in [0.5, 0.6) is 0 Å². The Morgan fingerprint density at radius 3 is 2.62 bits per heavy atom. The molecular formula is C26H19N5O. The third-order valence-electron chi connectivity index (χ3n) is 5.91. The molecule has 0 aliphatic heterocycles. The zero-order chi connectivity index (χ0) is 21.7. The van der Waals surface area contributed by atoms with Gasteiger partial charge in [0.15, 0.2) is 0 Å². The summed E-state index contributed by atoms with van der Waals surface area (Å²) in [6.07, 6.45) is 3.51. The van der Waals surface area contributed by atoms with Gasteiger partial charge in [-0.05, 0) is 46.5 Å². The van der Waals surface area contributed by atoms with Crippen LogP contribution in [0.4, 0.5) is 5.69 Å². The molecule has 5 aromatic rings. The van der Waals surface area contributed by atoms with Crippen molar-refractivity contribution in [3.8, 4) is 22.5 Å². The number of nitrogens with zero attached hydrogens (tertiary/aromatic N) is 2. The van der Waals surface area contributed by atoms with Crippen LogP contribution in [0.1, 0.15) is 27.5 Å². The minimum Gasteiger partial charge on any atom is -0.399 e. The Bertz CT molecular complexity index is 1470. The molecule has 3 aromatic carbocycles. The van der Waals surface area contributed by atoms with Gasteiger partial charge in [-0.15, -0.1) is 0 Å². The molecule has 1 aliphatic rings. The molecule has 0 saturated heterocycles. The summed E-state index contributed by atoms with van der Waals surface area (Å²) in [6, 6.07) is 22.9. The summed E-state index contributed by atoms with van der Waals surface area (Å²) in [4.78, 5) is 25.4. The quantitative estimate of drug-likeness (QED) is 0.371. The minimum atomic E-state index is -0.263. The summed E-state index contributed by atoms with van der Waals surface area (Å²) in [7, 11) is 0. The van der Waals surface area contributed by atoms with Crippen LogP contribution < -0.4 is 11.1 Å². The average molecular weight is 417 g/mol. The monoisotopic (exact) mass is 417 g/mol. The number of fused-ring (bicyclic) bond motifs is 4. The SMILES string of the molecule is Nc1cccc(C(=O)NC2c3ccccc3-c3c(-c4nc5ccncc5[nH]4)cccc32)c1. The Balaban J connectivity index is 1.48. The zero-order valence-corrected chi connectivity index (χ0v) is 17.0. The van der Waals surface area contributed by atoms with Crippen LogP contribution >= 0.6 is 0 Å². The molecule has 0 fully saturated rings. The van der Waals surface area contributed by atoms with Gasteiger partial charge in [0.2, 0.25) is 0 Å². The van der Waals surface area contributed by atoms with Gasteiger partial charge in [-0.2, -0.15) is 0 Å². The van der Waals surface area contributed by atoms with Crippen LogP contribution in [0, 0.1) is 0 Å². The first kappa shape index (κ1) is 18.3. The fourth-order valence-corrected chi connectivity index (χ4v) is 4.49. The van der Waals surface area contributed by atoms with Crippen molar-refractivity contribution < 1.29 is 4.79 Å². The van der Waals surface area contributed by atoms with Gasteiger partial charge in [0.25, 0.3) is 5.91 Å². The molecule has 6 heteroatoms. The molecule has 0 spiro atoms. The van der Waals surface area contributed by atoms with E-state index in [2.05, 4.69) is 39.6 Å². The van der Waals surface area contributed by atoms with Crippen molar-refractivity contribution in [2.45, 2.75) is 6.04 Å². The van der Waals surface area contributed by atoms with Crippen molar-refractivity contribution in [2.75, 3.05) is 5.73 Å². The van der Waals surface area contributed by atoms with Crippen molar-refractivity contribution in [1.29, 1.82) is 0 Å². The third-order valence-corrected chi connectivity index (χ3v) is 5.91. The van der Waals surface area contributed by atoms with E-state index in [1.807, 2.05) is 24.3 Å². The first-order chi connectivity index (χ1) is 15.7. The second-order valence-electron chi connectivity index (χ2n) is 7.87. The molecule has 6 rings (SSSR count). The number of rotatable bonds is 3. The number of benzene rings is 3. The average Bonchev–Trinajstić information content (AvgIpc) is 3.39. The second-order valence-corrected chi connectivity index (χ2v) is 7.87. The van der Waals surface area contributed by atoms with Gasteiger partial charge in [0.1, 0.15) is 5.82 Å². The number of nitrogen functional groups attached to an aromatic ring is 1. The van der Waals surface area contributed by atoms with Crippen molar-refractivity contribution in [3.05, 3.63) is 102 Å². The molecule has 1 amide bonds. The lowest BCUT2D eigenvalue weighted by Gasteiger charge is -2.16. The van der Waals surface area contributed by atoms with Gasteiger partial charge >= 0.3 is 0 Å². The van der Waals surface area contributed by atoms with E-state index in [0.717, 1.165) is 44.7 Å². The molecule has 154 valence electrons. The molecule has 0 bridgehead atoms. The first-order valence-corrected chi connectivity index (χ1v) is 10.4. The van der Waals surface area contributed by atoms with Crippen molar-refractivity contribution in [2.24, 2.45) is 0 Å². The van der Waals surface area contributed by atoms with E-state index < -0.39 is 0 Å². The van der Waals surface area contributed by atoms with E-state index in [9.17, 15) is 4.79 Å². The Morgan fingerprint density at radius 2 is 1.75 bits per heavy atom. The number of nitrogens with two attached hydrogens (primary N) is 1. The number of H-pyrrole nitrogens is 1. The molecule has 1 atom stereocenters. The normalized spacial score (nSPS) is 14.2. The number of aromatic amines is 1. The molecule has 0 saturated carbocycles.